The molecule has 1 aromatic carbocycles. The predicted molar refractivity (Wildman–Crippen MR) is 103 cm³/mol. The van der Waals surface area contributed by atoms with E-state index in [2.05, 4.69) is 22.1 Å². The van der Waals surface area contributed by atoms with Crippen molar-refractivity contribution in [2.45, 2.75) is 38.6 Å². The number of likely N-dealkylation sites (tertiary alicyclic amines) is 1. The van der Waals surface area contributed by atoms with Crippen molar-refractivity contribution in [3.63, 3.8) is 0 Å². The lowest BCUT2D eigenvalue weighted by molar-refractivity contribution is 0.0942. The number of nitrogens with one attached hydrogen (secondary N) is 2. The minimum Gasteiger partial charge on any atom is -0.351 e. The van der Waals surface area contributed by atoms with Gasteiger partial charge in [-0.3, -0.25) is 9.36 Å². The molecule has 25 heavy (non-hydrogen) atoms. The van der Waals surface area contributed by atoms with Crippen LogP contribution in [-0.4, -0.2) is 46.0 Å². The van der Waals surface area contributed by atoms with Crippen LogP contribution in [0.25, 0.3) is 5.69 Å². The van der Waals surface area contributed by atoms with Crippen LogP contribution in [0.1, 0.15) is 43.1 Å². The molecule has 1 aliphatic rings. The Morgan fingerprint density at radius 2 is 2.12 bits per heavy atom. The monoisotopic (exact) mass is 358 g/mol. The molecule has 0 spiro atoms. The van der Waals surface area contributed by atoms with Crippen LogP contribution in [0.5, 0.6) is 0 Å². The van der Waals surface area contributed by atoms with E-state index in [-0.39, 0.29) is 5.91 Å². The first kappa shape index (κ1) is 17.9. The highest BCUT2D eigenvalue weighted by atomic mass is 32.1. The number of imidazole rings is 1. The Bertz CT molecular complexity index is 752. The Kier molecular flexibility index (Phi) is 6.04. The zero-order valence-corrected chi connectivity index (χ0v) is 15.5. The zero-order valence-electron chi connectivity index (χ0n) is 14.7. The Morgan fingerprint density at radius 3 is 2.88 bits per heavy atom. The number of nitrogens with zero attached hydrogens (tertiary/aromatic N) is 2. The molecule has 3 rings (SSSR count). The van der Waals surface area contributed by atoms with Gasteiger partial charge in [0.15, 0.2) is 4.77 Å². The van der Waals surface area contributed by atoms with E-state index < -0.39 is 0 Å². The van der Waals surface area contributed by atoms with Gasteiger partial charge in [0.2, 0.25) is 0 Å². The Labute approximate surface area is 154 Å². The fourth-order valence-electron chi connectivity index (χ4n) is 3.43. The van der Waals surface area contributed by atoms with Gasteiger partial charge in [0.25, 0.3) is 5.91 Å². The number of aromatic nitrogens is 2. The van der Waals surface area contributed by atoms with E-state index >= 15 is 0 Å². The average Bonchev–Trinajstić information content (AvgIpc) is 3.02. The number of benzene rings is 1. The molecule has 134 valence electrons. The van der Waals surface area contributed by atoms with Gasteiger partial charge in [-0.1, -0.05) is 24.6 Å². The number of rotatable bonds is 6. The standard InChI is InChI=1S/C19H26N4OS/c1-15-8-5-6-12-22(15)13-7-11-20-18(24)17-14-21-19(25)23(17)16-9-3-2-4-10-16/h2-4,9-10,14-15H,5-8,11-13H2,1H3,(H,20,24)(H,21,25). The summed E-state index contributed by atoms with van der Waals surface area (Å²) in [5.74, 6) is -0.0945. The highest BCUT2D eigenvalue weighted by Crippen LogP contribution is 2.16. The maximum absolute atomic E-state index is 12.6. The Hall–Kier alpha value is -1.92. The summed E-state index contributed by atoms with van der Waals surface area (Å²) >= 11 is 5.33. The van der Waals surface area contributed by atoms with Gasteiger partial charge in [0.1, 0.15) is 5.69 Å². The van der Waals surface area contributed by atoms with E-state index in [9.17, 15) is 4.79 Å². The van der Waals surface area contributed by atoms with Crippen molar-refractivity contribution in [1.29, 1.82) is 0 Å². The first-order chi connectivity index (χ1) is 12.2. The third-order valence-electron chi connectivity index (χ3n) is 4.87. The summed E-state index contributed by atoms with van der Waals surface area (Å²) in [6.07, 6.45) is 6.56. The SMILES string of the molecule is CC1CCCCN1CCCNC(=O)c1c[nH]c(=S)n1-c1ccccc1. The molecule has 2 heterocycles. The van der Waals surface area contributed by atoms with Crippen molar-refractivity contribution >= 4 is 18.1 Å². The average molecular weight is 359 g/mol. The Balaban J connectivity index is 1.56. The van der Waals surface area contributed by atoms with Gasteiger partial charge in [-0.15, -0.1) is 0 Å². The van der Waals surface area contributed by atoms with Gasteiger partial charge in [0.05, 0.1) is 0 Å². The number of hydrogen-bond acceptors (Lipinski definition) is 3. The van der Waals surface area contributed by atoms with Crippen LogP contribution < -0.4 is 5.32 Å². The van der Waals surface area contributed by atoms with Gasteiger partial charge in [-0.2, -0.15) is 0 Å². The molecule has 1 atom stereocenters. The van der Waals surface area contributed by atoms with E-state index in [1.807, 2.05) is 30.3 Å². The van der Waals surface area contributed by atoms with Crippen LogP contribution in [0.15, 0.2) is 36.5 Å². The lowest BCUT2D eigenvalue weighted by Crippen LogP contribution is -2.39. The molecule has 5 nitrogen and oxygen atoms in total. The molecule has 1 fully saturated rings. The molecule has 1 amide bonds. The van der Waals surface area contributed by atoms with Gasteiger partial charge in [-0.05, 0) is 57.1 Å². The zero-order chi connectivity index (χ0) is 17.6. The topological polar surface area (TPSA) is 53.1 Å². The van der Waals surface area contributed by atoms with Gasteiger partial charge in [-0.25, -0.2) is 0 Å². The van der Waals surface area contributed by atoms with Crippen LogP contribution in [0.3, 0.4) is 0 Å². The van der Waals surface area contributed by atoms with Gasteiger partial charge in [0, 0.05) is 31.0 Å². The van der Waals surface area contributed by atoms with Crippen LogP contribution in [0.4, 0.5) is 0 Å². The van der Waals surface area contributed by atoms with Crippen molar-refractivity contribution in [3.05, 3.63) is 47.0 Å². The second-order valence-corrected chi connectivity index (χ2v) is 7.03. The second-order valence-electron chi connectivity index (χ2n) is 6.64. The number of carbonyl (C=O) groups excluding carboxylic acids is 1. The molecule has 0 aliphatic carbocycles. The minimum atomic E-state index is -0.0945. The summed E-state index contributed by atoms with van der Waals surface area (Å²) in [6.45, 7) is 5.19. The largest absolute Gasteiger partial charge is 0.351 e. The maximum Gasteiger partial charge on any atom is 0.269 e. The number of piperidine rings is 1. The van der Waals surface area contributed by atoms with Crippen molar-refractivity contribution in [2.24, 2.45) is 0 Å². The normalized spacial score (nSPS) is 18.2. The number of para-hydroxylation sites is 1. The number of amides is 1. The summed E-state index contributed by atoms with van der Waals surface area (Å²) in [7, 11) is 0. The van der Waals surface area contributed by atoms with E-state index in [0.29, 0.717) is 23.1 Å². The summed E-state index contributed by atoms with van der Waals surface area (Å²) in [5.41, 5.74) is 1.43. The molecule has 1 saturated heterocycles. The third-order valence-corrected chi connectivity index (χ3v) is 5.17. The first-order valence-corrected chi connectivity index (χ1v) is 9.46. The van der Waals surface area contributed by atoms with Crippen LogP contribution in [0, 0.1) is 4.77 Å². The molecular formula is C19H26N4OS. The second kappa shape index (κ2) is 8.45. The molecular weight excluding hydrogens is 332 g/mol. The lowest BCUT2D eigenvalue weighted by atomic mass is 10.0. The number of carbonyl (C=O) groups is 1. The van der Waals surface area contributed by atoms with E-state index in [1.165, 1.54) is 25.8 Å². The number of H-pyrrole nitrogens is 1. The molecule has 2 N–H and O–H groups in total. The van der Waals surface area contributed by atoms with Crippen molar-refractivity contribution < 1.29 is 4.79 Å². The lowest BCUT2D eigenvalue weighted by Gasteiger charge is -2.33. The third kappa shape index (κ3) is 4.38. The predicted octanol–water partition coefficient (Wildman–Crippen LogP) is 3.53. The van der Waals surface area contributed by atoms with E-state index in [1.54, 1.807) is 10.8 Å². The highest BCUT2D eigenvalue weighted by molar-refractivity contribution is 7.71. The first-order valence-electron chi connectivity index (χ1n) is 9.05. The Morgan fingerprint density at radius 1 is 1.32 bits per heavy atom. The van der Waals surface area contributed by atoms with Crippen molar-refractivity contribution in [3.8, 4) is 5.69 Å². The number of hydrogen-bond donors (Lipinski definition) is 2. The van der Waals surface area contributed by atoms with Crippen molar-refractivity contribution in [2.75, 3.05) is 19.6 Å². The van der Waals surface area contributed by atoms with E-state index in [4.69, 9.17) is 12.2 Å². The smallest absolute Gasteiger partial charge is 0.269 e. The highest BCUT2D eigenvalue weighted by Gasteiger charge is 2.18. The van der Waals surface area contributed by atoms with Crippen molar-refractivity contribution in [1.82, 2.24) is 19.8 Å². The van der Waals surface area contributed by atoms with E-state index in [0.717, 1.165) is 18.7 Å². The van der Waals surface area contributed by atoms with Gasteiger partial charge < -0.3 is 15.2 Å². The maximum atomic E-state index is 12.6. The molecule has 1 aromatic heterocycles. The summed E-state index contributed by atoms with van der Waals surface area (Å²) in [4.78, 5) is 18.1. The fraction of sp³-hybridized carbons (Fsp3) is 0.474. The molecule has 2 aromatic rings. The molecule has 0 bridgehead atoms. The molecule has 0 saturated carbocycles. The fourth-order valence-corrected chi connectivity index (χ4v) is 3.70. The minimum absolute atomic E-state index is 0.0945. The van der Waals surface area contributed by atoms with Crippen LogP contribution >= 0.6 is 12.2 Å². The van der Waals surface area contributed by atoms with Gasteiger partial charge >= 0.3 is 0 Å². The van der Waals surface area contributed by atoms with Crippen LogP contribution in [-0.2, 0) is 0 Å². The molecule has 6 heteroatoms. The number of aromatic amines is 1. The summed E-state index contributed by atoms with van der Waals surface area (Å²) in [5, 5.41) is 3.02. The summed E-state index contributed by atoms with van der Waals surface area (Å²) < 4.78 is 2.30. The quantitative estimate of drug-likeness (QED) is 0.613. The molecule has 1 aliphatic heterocycles. The summed E-state index contributed by atoms with van der Waals surface area (Å²) in [6, 6.07) is 10.4. The molecule has 0 radical (unpaired) electrons. The van der Waals surface area contributed by atoms with Crippen LogP contribution in [0.2, 0.25) is 0 Å². The molecule has 1 unspecified atom stereocenters.